The van der Waals surface area contributed by atoms with E-state index in [1.54, 1.807) is 13.4 Å². The third kappa shape index (κ3) is 4.19. The van der Waals surface area contributed by atoms with Crippen molar-refractivity contribution in [1.82, 2.24) is 10.6 Å². The summed E-state index contributed by atoms with van der Waals surface area (Å²) in [4.78, 5) is 15.3. The van der Waals surface area contributed by atoms with Crippen LogP contribution in [0.3, 0.4) is 0 Å². The Kier molecular flexibility index (Phi) is 5.92. The van der Waals surface area contributed by atoms with Gasteiger partial charge in [-0.15, -0.1) is 0 Å². The summed E-state index contributed by atoms with van der Waals surface area (Å²) < 4.78 is 11.1. The molecule has 0 spiro atoms. The predicted octanol–water partition coefficient (Wildman–Crippen LogP) is 2.98. The molecule has 1 saturated heterocycles. The maximum absolute atomic E-state index is 12.9. The summed E-state index contributed by atoms with van der Waals surface area (Å²) in [5, 5.41) is 6.50. The molecule has 0 saturated carbocycles. The minimum atomic E-state index is -0.140. The Hall–Kier alpha value is -2.31. The van der Waals surface area contributed by atoms with E-state index < -0.39 is 0 Å². The van der Waals surface area contributed by atoms with Crippen molar-refractivity contribution in [3.63, 3.8) is 0 Å². The van der Waals surface area contributed by atoms with Gasteiger partial charge in [-0.2, -0.15) is 0 Å². The number of methoxy groups -OCH3 is 1. The van der Waals surface area contributed by atoms with Crippen molar-refractivity contribution in [3.05, 3.63) is 53.5 Å². The average Bonchev–Trinajstić information content (AvgIpc) is 3.32. The number of benzene rings is 1. The highest BCUT2D eigenvalue weighted by molar-refractivity contribution is 5.93. The van der Waals surface area contributed by atoms with Crippen molar-refractivity contribution >= 4 is 11.6 Å². The van der Waals surface area contributed by atoms with Crippen LogP contribution in [0, 0.1) is 5.41 Å². The predicted molar refractivity (Wildman–Crippen MR) is 113 cm³/mol. The smallest absolute Gasteiger partial charge is 0.287 e. The second-order valence-corrected chi connectivity index (χ2v) is 8.45. The Balaban J connectivity index is 1.44. The zero-order valence-electron chi connectivity index (χ0n) is 17.4. The van der Waals surface area contributed by atoms with E-state index in [1.165, 1.54) is 11.3 Å². The highest BCUT2D eigenvalue weighted by Crippen LogP contribution is 2.34. The largest absolute Gasteiger partial charge is 0.459 e. The lowest BCUT2D eigenvalue weighted by molar-refractivity contribution is 0.0506. The molecule has 1 unspecified atom stereocenters. The first-order valence-corrected chi connectivity index (χ1v) is 10.5. The van der Waals surface area contributed by atoms with E-state index in [2.05, 4.69) is 46.7 Å². The van der Waals surface area contributed by atoms with Crippen LogP contribution in [-0.2, 0) is 17.7 Å². The Morgan fingerprint density at radius 3 is 2.90 bits per heavy atom. The molecule has 2 N–H and O–H groups in total. The highest BCUT2D eigenvalue weighted by atomic mass is 16.5. The number of rotatable bonds is 7. The van der Waals surface area contributed by atoms with Crippen molar-refractivity contribution in [1.29, 1.82) is 0 Å². The molecule has 1 aromatic heterocycles. The van der Waals surface area contributed by atoms with Gasteiger partial charge in [0.05, 0.1) is 12.9 Å². The van der Waals surface area contributed by atoms with Crippen LogP contribution >= 0.6 is 0 Å². The van der Waals surface area contributed by atoms with Crippen molar-refractivity contribution < 1.29 is 13.9 Å². The van der Waals surface area contributed by atoms with Gasteiger partial charge in [-0.3, -0.25) is 4.79 Å². The highest BCUT2D eigenvalue weighted by Gasteiger charge is 2.33. The molecule has 0 aliphatic carbocycles. The number of fused-ring (bicyclic) bond motifs is 1. The number of carbonyl (C=O) groups excluding carboxylic acids is 1. The van der Waals surface area contributed by atoms with Crippen molar-refractivity contribution in [3.8, 4) is 0 Å². The first-order valence-electron chi connectivity index (χ1n) is 10.5. The standard InChI is InChI=1S/C23H31N3O3/c1-17-13-18-5-3-4-6-20(18)26(17)14-19-7-12-29-21(19)22(27)25-15-23(16-28-2)8-10-24-11-9-23/h3-7,12,17,24H,8-11,13-16H2,1-2H3,(H,25,27). The number of piperidine rings is 1. The second kappa shape index (κ2) is 8.59. The molecule has 3 heterocycles. The van der Waals surface area contributed by atoms with Gasteiger partial charge in [0.25, 0.3) is 5.91 Å². The Bertz CT molecular complexity index is 836. The molecule has 6 heteroatoms. The van der Waals surface area contributed by atoms with Crippen LogP contribution in [0.25, 0.3) is 0 Å². The molecule has 1 atom stereocenters. The summed E-state index contributed by atoms with van der Waals surface area (Å²) in [5.74, 6) is 0.280. The molecule has 4 rings (SSSR count). The maximum atomic E-state index is 12.9. The quantitative estimate of drug-likeness (QED) is 0.752. The van der Waals surface area contributed by atoms with Crippen LogP contribution in [0.15, 0.2) is 41.0 Å². The van der Waals surface area contributed by atoms with Gasteiger partial charge >= 0.3 is 0 Å². The Morgan fingerprint density at radius 2 is 2.10 bits per heavy atom. The normalized spacial score (nSPS) is 20.5. The molecule has 1 aromatic carbocycles. The third-order valence-electron chi connectivity index (χ3n) is 6.38. The van der Waals surface area contributed by atoms with E-state index >= 15 is 0 Å². The van der Waals surface area contributed by atoms with Gasteiger partial charge in [0, 0.05) is 42.9 Å². The van der Waals surface area contributed by atoms with Gasteiger partial charge in [-0.1, -0.05) is 18.2 Å². The van der Waals surface area contributed by atoms with E-state index in [9.17, 15) is 4.79 Å². The van der Waals surface area contributed by atoms with Crippen LogP contribution in [-0.4, -0.2) is 45.3 Å². The molecule has 0 radical (unpaired) electrons. The number of nitrogens with one attached hydrogen (secondary N) is 2. The monoisotopic (exact) mass is 397 g/mol. The van der Waals surface area contributed by atoms with Crippen LogP contribution in [0.5, 0.6) is 0 Å². The molecular weight excluding hydrogens is 366 g/mol. The van der Waals surface area contributed by atoms with E-state index in [0.29, 0.717) is 31.5 Å². The van der Waals surface area contributed by atoms with Crippen LogP contribution in [0.4, 0.5) is 5.69 Å². The summed E-state index contributed by atoms with van der Waals surface area (Å²) in [6.45, 7) is 6.07. The fourth-order valence-electron chi connectivity index (χ4n) is 4.70. The van der Waals surface area contributed by atoms with Gasteiger partial charge in [0.1, 0.15) is 0 Å². The minimum absolute atomic E-state index is 0.00910. The number of carbonyl (C=O) groups is 1. The molecule has 1 fully saturated rings. The number of amides is 1. The first kappa shape index (κ1) is 20.0. The van der Waals surface area contributed by atoms with E-state index in [0.717, 1.165) is 37.9 Å². The Labute approximate surface area is 172 Å². The number of anilines is 1. The maximum Gasteiger partial charge on any atom is 0.287 e. The van der Waals surface area contributed by atoms with Crippen molar-refractivity contribution in [2.24, 2.45) is 5.41 Å². The molecule has 2 aromatic rings. The van der Waals surface area contributed by atoms with Gasteiger partial charge in [0.15, 0.2) is 5.76 Å². The summed E-state index contributed by atoms with van der Waals surface area (Å²) in [6.07, 6.45) is 4.64. The van der Waals surface area contributed by atoms with E-state index in [-0.39, 0.29) is 11.3 Å². The molecule has 2 aliphatic heterocycles. The van der Waals surface area contributed by atoms with Gasteiger partial charge < -0.3 is 24.7 Å². The number of para-hydroxylation sites is 1. The molecule has 1 amide bonds. The number of hydrogen-bond donors (Lipinski definition) is 2. The molecule has 0 bridgehead atoms. The average molecular weight is 398 g/mol. The number of nitrogens with zero attached hydrogens (tertiary/aromatic N) is 1. The second-order valence-electron chi connectivity index (χ2n) is 8.45. The number of ether oxygens (including phenoxy) is 1. The SMILES string of the molecule is COCC1(CNC(=O)c2occc2CN2c3ccccc3CC2C)CCNCC1. The Morgan fingerprint density at radius 1 is 1.31 bits per heavy atom. The molecular formula is C23H31N3O3. The fraction of sp³-hybridized carbons (Fsp3) is 0.522. The zero-order valence-corrected chi connectivity index (χ0v) is 17.4. The molecule has 6 nitrogen and oxygen atoms in total. The lowest BCUT2D eigenvalue weighted by Gasteiger charge is -2.37. The molecule has 29 heavy (non-hydrogen) atoms. The third-order valence-corrected chi connectivity index (χ3v) is 6.38. The number of furan rings is 1. The van der Waals surface area contributed by atoms with Gasteiger partial charge in [-0.05, 0) is 57.0 Å². The topological polar surface area (TPSA) is 66.7 Å². The fourth-order valence-corrected chi connectivity index (χ4v) is 4.70. The zero-order chi connectivity index (χ0) is 20.3. The van der Waals surface area contributed by atoms with E-state index in [1.807, 2.05) is 6.07 Å². The van der Waals surface area contributed by atoms with E-state index in [4.69, 9.17) is 9.15 Å². The van der Waals surface area contributed by atoms with Crippen molar-refractivity contribution in [2.45, 2.75) is 38.8 Å². The van der Waals surface area contributed by atoms with Crippen LogP contribution < -0.4 is 15.5 Å². The molecule has 2 aliphatic rings. The minimum Gasteiger partial charge on any atom is -0.459 e. The van der Waals surface area contributed by atoms with Gasteiger partial charge in [-0.25, -0.2) is 0 Å². The molecule has 156 valence electrons. The van der Waals surface area contributed by atoms with Gasteiger partial charge in [0.2, 0.25) is 0 Å². The summed E-state index contributed by atoms with van der Waals surface area (Å²) in [7, 11) is 1.73. The lowest BCUT2D eigenvalue weighted by atomic mass is 9.79. The summed E-state index contributed by atoms with van der Waals surface area (Å²) in [5.41, 5.74) is 3.53. The van der Waals surface area contributed by atoms with Crippen LogP contribution in [0.1, 0.15) is 41.4 Å². The van der Waals surface area contributed by atoms with Crippen LogP contribution in [0.2, 0.25) is 0 Å². The first-order chi connectivity index (χ1) is 14.1. The van der Waals surface area contributed by atoms with Crippen molar-refractivity contribution in [2.75, 3.05) is 38.3 Å². The summed E-state index contributed by atoms with van der Waals surface area (Å²) >= 11 is 0. The lowest BCUT2D eigenvalue weighted by Crippen LogP contribution is -2.47. The summed E-state index contributed by atoms with van der Waals surface area (Å²) in [6, 6.07) is 10.8. The number of hydrogen-bond acceptors (Lipinski definition) is 5.